The maximum Gasteiger partial charge on any atom is 1.00 e. The Hall–Kier alpha value is 2.94. The first-order chi connectivity index (χ1) is 13.4. The van der Waals surface area contributed by atoms with E-state index in [1.807, 2.05) is 4.98 Å². The third-order valence-electron chi connectivity index (χ3n) is 3.62. The Bertz CT molecular complexity index is 1060. The van der Waals surface area contributed by atoms with E-state index in [4.69, 9.17) is 4.74 Å². The molecule has 172 valence electrons. The van der Waals surface area contributed by atoms with Gasteiger partial charge in [0.2, 0.25) is 0 Å². The first-order valence-corrected chi connectivity index (χ1v) is 11.9. The predicted molar refractivity (Wildman–Crippen MR) is 81.7 cm³/mol. The van der Waals surface area contributed by atoms with Crippen LogP contribution in [-0.2, 0) is 31.6 Å². The molecule has 0 saturated carbocycles. The van der Waals surface area contributed by atoms with Crippen LogP contribution in [-0.4, -0.2) is 39.1 Å². The fourth-order valence-electron chi connectivity index (χ4n) is 2.41. The van der Waals surface area contributed by atoms with E-state index in [9.17, 15) is 52.4 Å². The number of phosphoric ester groups is 1. The Morgan fingerprint density at radius 3 is 2.12 bits per heavy atom. The van der Waals surface area contributed by atoms with Gasteiger partial charge in [0, 0.05) is 12.3 Å². The molecule has 2 heterocycles. The first-order valence-electron chi connectivity index (χ1n) is 7.49. The van der Waals surface area contributed by atoms with Crippen LogP contribution in [0, 0.1) is 0 Å². The zero-order valence-electron chi connectivity index (χ0n) is 18.5. The number of alkyl halides is 1. The molecule has 1 aliphatic heterocycles. The molecule has 6 atom stereocenters. The van der Waals surface area contributed by atoms with Crippen molar-refractivity contribution >= 4 is 23.5 Å². The molecule has 2 rings (SSSR count). The van der Waals surface area contributed by atoms with Gasteiger partial charge in [-0.2, -0.15) is 0 Å². The van der Waals surface area contributed by atoms with Gasteiger partial charge in [0.1, 0.15) is 12.2 Å². The number of aromatic amines is 1. The number of hydrogen-bond acceptors (Lipinski definition) is 14. The molecule has 1 aliphatic rings. The van der Waals surface area contributed by atoms with E-state index < -0.39 is 65.4 Å². The summed E-state index contributed by atoms with van der Waals surface area (Å²) in [5.41, 5.74) is -4.66. The van der Waals surface area contributed by atoms with Crippen LogP contribution in [0.4, 0.5) is 4.39 Å². The van der Waals surface area contributed by atoms with Crippen molar-refractivity contribution < 1.29 is 179 Å². The fraction of sp³-hybridized carbons (Fsp3) is 0.600. The second kappa shape index (κ2) is 15.7. The average molecular weight is 588 g/mol. The van der Waals surface area contributed by atoms with Crippen molar-refractivity contribution in [3.63, 3.8) is 0 Å². The number of halogens is 1. The second-order valence-electron chi connectivity index (χ2n) is 5.94. The van der Waals surface area contributed by atoms with E-state index in [0.29, 0.717) is 4.57 Å². The number of aromatic nitrogens is 2. The average Bonchev–Trinajstić information content (AvgIpc) is 2.73. The number of nitrogens with zero attached hydrogens (tertiary/aromatic N) is 1. The predicted octanol–water partition coefficient (Wildman–Crippen LogP) is -15.6. The molecule has 0 radical (unpaired) electrons. The van der Waals surface area contributed by atoms with Gasteiger partial charge in [0.15, 0.2) is 11.9 Å². The van der Waals surface area contributed by atoms with E-state index in [1.165, 1.54) is 0 Å². The molecule has 2 unspecified atom stereocenters. The third-order valence-corrected chi connectivity index (χ3v) is 7.28. The Labute approximate surface area is 278 Å². The number of H-pyrrole nitrogens is 1. The van der Waals surface area contributed by atoms with Crippen molar-refractivity contribution in [3.05, 3.63) is 33.1 Å². The SMILES string of the molecule is C[C@@]1(F)[C@H](O)[C@@H](COP(=O)([O-])OP(=O)([O-])OP(=O)([O-])[O-])O[C@H]1n1ccc(=O)[nH]c1=O.[Na+].[Na+].[Na+].[Na+]. The van der Waals surface area contributed by atoms with Crippen LogP contribution in [0.1, 0.15) is 13.2 Å². The number of phosphoric acid groups is 3. The molecular weight excluding hydrogens is 576 g/mol. The summed E-state index contributed by atoms with van der Waals surface area (Å²) in [4.78, 5) is 67.8. The van der Waals surface area contributed by atoms with Crippen LogP contribution in [0.2, 0.25) is 0 Å². The molecular formula is C10H12FN2Na4O14P3. The van der Waals surface area contributed by atoms with Crippen molar-refractivity contribution in [2.24, 2.45) is 0 Å². The molecule has 1 saturated heterocycles. The molecule has 16 nitrogen and oxygen atoms in total. The molecule has 24 heteroatoms. The van der Waals surface area contributed by atoms with Crippen molar-refractivity contribution in [1.29, 1.82) is 0 Å². The van der Waals surface area contributed by atoms with Crippen LogP contribution >= 0.6 is 23.5 Å². The number of ether oxygens (including phenoxy) is 1. The second-order valence-corrected chi connectivity index (χ2v) is 10.2. The van der Waals surface area contributed by atoms with Gasteiger partial charge >= 0.3 is 124 Å². The van der Waals surface area contributed by atoms with Gasteiger partial charge in [-0.25, -0.2) is 13.5 Å². The van der Waals surface area contributed by atoms with Gasteiger partial charge in [-0.3, -0.25) is 27.8 Å². The van der Waals surface area contributed by atoms with E-state index >= 15 is 0 Å². The van der Waals surface area contributed by atoms with Crippen LogP contribution in [0.25, 0.3) is 0 Å². The topological polar surface area (TPSA) is 255 Å². The van der Waals surface area contributed by atoms with Gasteiger partial charge in [-0.05, 0) is 6.92 Å². The number of nitrogens with one attached hydrogen (secondary N) is 1. The largest absolute Gasteiger partial charge is 1.00 e. The van der Waals surface area contributed by atoms with E-state index in [-0.39, 0.29) is 118 Å². The minimum atomic E-state index is -6.20. The number of aliphatic hydroxyl groups excluding tert-OH is 1. The van der Waals surface area contributed by atoms with Gasteiger partial charge in [0.25, 0.3) is 21.2 Å². The number of hydrogen-bond donors (Lipinski definition) is 2. The third kappa shape index (κ3) is 12.0. The molecule has 34 heavy (non-hydrogen) atoms. The number of aliphatic hydroxyl groups is 1. The zero-order valence-corrected chi connectivity index (χ0v) is 29.2. The monoisotopic (exact) mass is 588 g/mol. The van der Waals surface area contributed by atoms with Gasteiger partial charge in [-0.1, -0.05) is 0 Å². The summed E-state index contributed by atoms with van der Waals surface area (Å²) in [5, 5.41) is 10.0. The molecule has 0 aliphatic carbocycles. The molecule has 1 aromatic rings. The van der Waals surface area contributed by atoms with Crippen molar-refractivity contribution in [2.75, 3.05) is 6.61 Å². The minimum absolute atomic E-state index is 0. The maximum absolute atomic E-state index is 14.9. The summed E-state index contributed by atoms with van der Waals surface area (Å²) >= 11 is 0. The van der Waals surface area contributed by atoms with Crippen molar-refractivity contribution in [1.82, 2.24) is 9.55 Å². The minimum Gasteiger partial charge on any atom is -0.790 e. The molecule has 2 N–H and O–H groups in total. The van der Waals surface area contributed by atoms with E-state index in [1.54, 1.807) is 0 Å². The maximum atomic E-state index is 14.9. The Morgan fingerprint density at radius 2 is 1.65 bits per heavy atom. The Balaban J connectivity index is -0.00000240. The van der Waals surface area contributed by atoms with Crippen LogP contribution < -0.4 is 149 Å². The van der Waals surface area contributed by atoms with Gasteiger partial charge in [0.05, 0.1) is 14.4 Å². The molecule has 0 spiro atoms. The summed E-state index contributed by atoms with van der Waals surface area (Å²) in [6, 6.07) is 0.841. The molecule has 0 bridgehead atoms. The first kappa shape index (κ1) is 41.4. The Kier molecular flexibility index (Phi) is 19.1. The van der Waals surface area contributed by atoms with Crippen LogP contribution in [0.5, 0.6) is 0 Å². The quantitative estimate of drug-likeness (QED) is 0.211. The standard InChI is InChI=1S/C10H16FN2O14P3.4Na/c1-10(11)7(15)5(25-8(10)13-3-2-6(14)12-9(13)16)4-24-29(20,21)27-30(22,23)26-28(17,18)19;;;;/h2-3,5,7-8,15H,4H2,1H3,(H,20,21)(H,22,23)(H,12,14,16)(H2,17,18,19);;;;/q;4*+1/p-4/t5-,7-,8-,10-;;;;/m1..../s1. The van der Waals surface area contributed by atoms with Gasteiger partial charge in [-0.15, -0.1) is 0 Å². The number of rotatable bonds is 8. The smallest absolute Gasteiger partial charge is 0.790 e. The summed E-state index contributed by atoms with van der Waals surface area (Å²) in [6.45, 7) is -0.477. The summed E-state index contributed by atoms with van der Waals surface area (Å²) < 4.78 is 63.7. The van der Waals surface area contributed by atoms with E-state index in [2.05, 4.69) is 13.1 Å². The molecule has 0 amide bonds. The fourth-order valence-corrected chi connectivity index (χ4v) is 5.28. The Morgan fingerprint density at radius 1 is 1.12 bits per heavy atom. The summed E-state index contributed by atoms with van der Waals surface area (Å²) in [5.74, 6) is 0. The zero-order chi connectivity index (χ0) is 23.1. The van der Waals surface area contributed by atoms with Crippen LogP contribution in [0.3, 0.4) is 0 Å². The van der Waals surface area contributed by atoms with Crippen LogP contribution in [0.15, 0.2) is 21.9 Å². The van der Waals surface area contributed by atoms with Gasteiger partial charge < -0.3 is 38.5 Å². The molecule has 1 aromatic heterocycles. The van der Waals surface area contributed by atoms with E-state index in [0.717, 1.165) is 19.2 Å². The summed E-state index contributed by atoms with van der Waals surface area (Å²) in [6.07, 6.45) is -4.96. The van der Waals surface area contributed by atoms with Crippen molar-refractivity contribution in [2.45, 2.75) is 31.0 Å². The molecule has 1 fully saturated rings. The summed E-state index contributed by atoms with van der Waals surface area (Å²) in [7, 11) is -18.3. The molecule has 0 aromatic carbocycles. The van der Waals surface area contributed by atoms with Crippen molar-refractivity contribution in [3.8, 4) is 0 Å². The normalized spacial score (nSPS) is 27.6.